The zero-order chi connectivity index (χ0) is 18.1. The number of hydrogen-bond acceptors (Lipinski definition) is 3. The molecule has 1 aliphatic carbocycles. The first-order chi connectivity index (χ1) is 12.1. The maximum atomic E-state index is 6.02. The molecule has 0 bridgehead atoms. The van der Waals surface area contributed by atoms with E-state index in [0.717, 1.165) is 31.4 Å². The minimum absolute atomic E-state index is 0.410. The van der Waals surface area contributed by atoms with Gasteiger partial charge in [0.2, 0.25) is 0 Å². The predicted octanol–water partition coefficient (Wildman–Crippen LogP) is 3.01. The molecule has 0 aromatic rings. The van der Waals surface area contributed by atoms with E-state index in [1.807, 2.05) is 7.05 Å². The predicted molar refractivity (Wildman–Crippen MR) is 106 cm³/mol. The maximum absolute atomic E-state index is 6.02. The van der Waals surface area contributed by atoms with Gasteiger partial charge in [-0.25, -0.2) is 0 Å². The Kier molecular flexibility index (Phi) is 9.04. The van der Waals surface area contributed by atoms with Gasteiger partial charge in [-0.05, 0) is 58.8 Å². The first-order valence-corrected chi connectivity index (χ1v) is 10.5. The Labute approximate surface area is 155 Å². The van der Waals surface area contributed by atoms with Gasteiger partial charge >= 0.3 is 0 Å². The highest BCUT2D eigenvalue weighted by molar-refractivity contribution is 5.79. The van der Waals surface area contributed by atoms with Crippen LogP contribution in [0.3, 0.4) is 0 Å². The van der Waals surface area contributed by atoms with Gasteiger partial charge in [-0.3, -0.25) is 4.99 Å². The van der Waals surface area contributed by atoms with Crippen molar-refractivity contribution in [2.45, 2.75) is 83.9 Å². The summed E-state index contributed by atoms with van der Waals surface area (Å²) < 4.78 is 6.02. The van der Waals surface area contributed by atoms with Crippen LogP contribution in [0, 0.1) is 5.92 Å². The summed E-state index contributed by atoms with van der Waals surface area (Å²) in [6.45, 7) is 10.8. The fraction of sp³-hybridized carbons (Fsp3) is 0.950. The molecule has 25 heavy (non-hydrogen) atoms. The van der Waals surface area contributed by atoms with Gasteiger partial charge in [0.25, 0.3) is 0 Å². The second-order valence-corrected chi connectivity index (χ2v) is 7.87. The third-order valence-electron chi connectivity index (χ3n) is 5.85. The number of ether oxygens (including phenoxy) is 1. The molecule has 1 saturated heterocycles. The number of hydrogen-bond donors (Lipinski definition) is 2. The molecule has 5 heteroatoms. The Morgan fingerprint density at radius 1 is 1.16 bits per heavy atom. The van der Waals surface area contributed by atoms with E-state index in [1.165, 1.54) is 51.6 Å². The molecular formula is C20H40N4O. The molecule has 5 nitrogen and oxygen atoms in total. The van der Waals surface area contributed by atoms with Crippen molar-refractivity contribution in [3.63, 3.8) is 0 Å². The van der Waals surface area contributed by atoms with Gasteiger partial charge < -0.3 is 20.3 Å². The van der Waals surface area contributed by atoms with Crippen molar-refractivity contribution < 1.29 is 4.74 Å². The molecule has 2 aliphatic rings. The molecule has 1 saturated carbocycles. The number of piperidine rings is 1. The summed E-state index contributed by atoms with van der Waals surface area (Å²) in [7, 11) is 1.87. The minimum Gasteiger partial charge on any atom is -0.378 e. The fourth-order valence-electron chi connectivity index (χ4n) is 4.28. The van der Waals surface area contributed by atoms with Gasteiger partial charge in [-0.1, -0.05) is 12.8 Å². The lowest BCUT2D eigenvalue weighted by Crippen LogP contribution is -2.50. The van der Waals surface area contributed by atoms with Crippen LogP contribution in [0.4, 0.5) is 0 Å². The van der Waals surface area contributed by atoms with E-state index in [4.69, 9.17) is 4.74 Å². The van der Waals surface area contributed by atoms with Gasteiger partial charge in [0.1, 0.15) is 0 Å². The Hall–Kier alpha value is -0.810. The zero-order valence-electron chi connectivity index (χ0n) is 16.9. The largest absolute Gasteiger partial charge is 0.378 e. The molecule has 0 spiro atoms. The third-order valence-corrected chi connectivity index (χ3v) is 5.85. The van der Waals surface area contributed by atoms with E-state index < -0.39 is 0 Å². The maximum Gasteiger partial charge on any atom is 0.191 e. The fourth-order valence-corrected chi connectivity index (χ4v) is 4.28. The van der Waals surface area contributed by atoms with Crippen molar-refractivity contribution in [1.82, 2.24) is 15.5 Å². The molecule has 2 N–H and O–H groups in total. The Morgan fingerprint density at radius 3 is 2.40 bits per heavy atom. The van der Waals surface area contributed by atoms with E-state index in [0.29, 0.717) is 18.2 Å². The molecule has 1 unspecified atom stereocenters. The van der Waals surface area contributed by atoms with Gasteiger partial charge in [0.05, 0.1) is 6.10 Å². The molecule has 1 atom stereocenters. The van der Waals surface area contributed by atoms with Crippen LogP contribution in [-0.2, 0) is 4.74 Å². The van der Waals surface area contributed by atoms with Gasteiger partial charge in [0, 0.05) is 45.4 Å². The number of nitrogens with zero attached hydrogens (tertiary/aromatic N) is 2. The summed E-state index contributed by atoms with van der Waals surface area (Å²) in [5.74, 6) is 1.71. The van der Waals surface area contributed by atoms with Gasteiger partial charge in [-0.2, -0.15) is 0 Å². The lowest BCUT2D eigenvalue weighted by Gasteiger charge is -2.35. The van der Waals surface area contributed by atoms with Crippen molar-refractivity contribution in [3.8, 4) is 0 Å². The molecule has 0 radical (unpaired) electrons. The highest BCUT2D eigenvalue weighted by atomic mass is 16.5. The van der Waals surface area contributed by atoms with Gasteiger partial charge in [0.15, 0.2) is 5.96 Å². The SMILES string of the molecule is CCOC(CCNC(=NC)NC1CCN(C(C)C)CC1)C1CCCC1. The molecular weight excluding hydrogens is 312 g/mol. The lowest BCUT2D eigenvalue weighted by molar-refractivity contribution is 0.0169. The number of rotatable bonds is 8. The standard InChI is InChI=1S/C20H40N4O/c1-5-25-19(17-8-6-7-9-17)10-13-22-20(21-4)23-18-11-14-24(15-12-18)16(2)3/h16-19H,5-15H2,1-4H3,(H2,21,22,23). The molecule has 146 valence electrons. The van der Waals surface area contributed by atoms with E-state index in [-0.39, 0.29) is 0 Å². The first kappa shape index (κ1) is 20.5. The van der Waals surface area contributed by atoms with E-state index >= 15 is 0 Å². The van der Waals surface area contributed by atoms with E-state index in [9.17, 15) is 0 Å². The number of likely N-dealkylation sites (tertiary alicyclic amines) is 1. The van der Waals surface area contributed by atoms with Crippen molar-refractivity contribution in [2.75, 3.05) is 33.3 Å². The summed E-state index contributed by atoms with van der Waals surface area (Å²) in [5, 5.41) is 7.12. The molecule has 1 heterocycles. The second-order valence-electron chi connectivity index (χ2n) is 7.87. The smallest absolute Gasteiger partial charge is 0.191 e. The molecule has 0 amide bonds. The summed E-state index contributed by atoms with van der Waals surface area (Å²) in [4.78, 5) is 6.97. The van der Waals surface area contributed by atoms with Crippen LogP contribution in [0.1, 0.15) is 65.7 Å². The normalized spacial score (nSPS) is 22.5. The van der Waals surface area contributed by atoms with Crippen LogP contribution in [0.25, 0.3) is 0 Å². The number of nitrogens with one attached hydrogen (secondary N) is 2. The summed E-state index contributed by atoms with van der Waals surface area (Å²) in [5.41, 5.74) is 0. The number of guanidine groups is 1. The summed E-state index contributed by atoms with van der Waals surface area (Å²) in [6.07, 6.45) is 9.31. The zero-order valence-corrected chi connectivity index (χ0v) is 16.9. The van der Waals surface area contributed by atoms with Crippen LogP contribution in [0.5, 0.6) is 0 Å². The van der Waals surface area contributed by atoms with Crippen molar-refractivity contribution in [1.29, 1.82) is 0 Å². The molecule has 0 aromatic heterocycles. The molecule has 2 fully saturated rings. The highest BCUT2D eigenvalue weighted by Gasteiger charge is 2.25. The summed E-state index contributed by atoms with van der Waals surface area (Å²) >= 11 is 0. The van der Waals surface area contributed by atoms with Crippen LogP contribution in [-0.4, -0.2) is 62.3 Å². The van der Waals surface area contributed by atoms with Crippen LogP contribution < -0.4 is 10.6 Å². The number of aliphatic imine (C=N–C) groups is 1. The second kappa shape index (κ2) is 11.0. The average Bonchev–Trinajstić information content (AvgIpc) is 3.15. The van der Waals surface area contributed by atoms with Crippen LogP contribution in [0.15, 0.2) is 4.99 Å². The third kappa shape index (κ3) is 6.78. The highest BCUT2D eigenvalue weighted by Crippen LogP contribution is 2.30. The lowest BCUT2D eigenvalue weighted by atomic mass is 9.98. The van der Waals surface area contributed by atoms with Crippen LogP contribution in [0.2, 0.25) is 0 Å². The first-order valence-electron chi connectivity index (χ1n) is 10.5. The molecule has 2 rings (SSSR count). The molecule has 1 aliphatic heterocycles. The Bertz CT molecular complexity index is 385. The monoisotopic (exact) mass is 352 g/mol. The van der Waals surface area contributed by atoms with E-state index in [1.54, 1.807) is 0 Å². The topological polar surface area (TPSA) is 48.9 Å². The van der Waals surface area contributed by atoms with Crippen molar-refractivity contribution in [2.24, 2.45) is 10.9 Å². The summed E-state index contributed by atoms with van der Waals surface area (Å²) in [6, 6.07) is 1.20. The Balaban J connectivity index is 1.69. The van der Waals surface area contributed by atoms with Crippen molar-refractivity contribution >= 4 is 5.96 Å². The van der Waals surface area contributed by atoms with Crippen molar-refractivity contribution in [3.05, 3.63) is 0 Å². The van der Waals surface area contributed by atoms with Crippen LogP contribution >= 0.6 is 0 Å². The average molecular weight is 353 g/mol. The Morgan fingerprint density at radius 2 is 1.84 bits per heavy atom. The minimum atomic E-state index is 0.410. The molecule has 0 aromatic carbocycles. The van der Waals surface area contributed by atoms with E-state index in [2.05, 4.69) is 41.3 Å². The quantitative estimate of drug-likeness (QED) is 0.521. The van der Waals surface area contributed by atoms with Gasteiger partial charge in [-0.15, -0.1) is 0 Å².